The number of aromatic nitrogens is 2. The van der Waals surface area contributed by atoms with Gasteiger partial charge in [0, 0.05) is 49.9 Å². The Labute approximate surface area is 252 Å². The molecule has 0 spiro atoms. The summed E-state index contributed by atoms with van der Waals surface area (Å²) in [5, 5.41) is 7.25. The largest absolute Gasteiger partial charge is 0.444 e. The molecular formula is C30H39Cl2N5O4. The third kappa shape index (κ3) is 10.7. The van der Waals surface area contributed by atoms with E-state index in [4.69, 9.17) is 32.7 Å². The lowest BCUT2D eigenvalue weighted by atomic mass is 9.97. The molecule has 4 rings (SSSR count). The number of ether oxygens (including phenoxy) is 1. The van der Waals surface area contributed by atoms with Gasteiger partial charge < -0.3 is 25.1 Å². The average Bonchev–Trinajstić information content (AvgIpc) is 3.38. The van der Waals surface area contributed by atoms with Crippen LogP contribution in [0.5, 0.6) is 0 Å². The van der Waals surface area contributed by atoms with E-state index < -0.39 is 5.60 Å². The SMILES string of the molecule is C=O.CC(=O)NCC1CCN(C(=O)OC(C)(C)C)CC1.CNc1cn(-c2ccc(Cl)cc2)c(-c2ccccc2Cl)n1. The monoisotopic (exact) mass is 603 g/mol. The highest BCUT2D eigenvalue weighted by molar-refractivity contribution is 6.33. The van der Waals surface area contributed by atoms with Gasteiger partial charge in [-0.3, -0.25) is 9.36 Å². The van der Waals surface area contributed by atoms with Crippen molar-refractivity contribution in [2.45, 2.75) is 46.1 Å². The number of carbonyl (C=O) groups excluding carboxylic acids is 3. The standard InChI is InChI=1S/C16H13Cl2N3.C13H24N2O3.CH2O/c1-19-15-10-21(12-8-6-11(17)7-9-12)16(20-15)13-4-2-3-5-14(13)18;1-10(16)14-9-11-5-7-15(8-6-11)12(17)18-13(2,3)4;1-2/h2-10,19H,1H3;11H,5-9H2,1-4H3,(H,14,16);1H2. The molecule has 1 aliphatic rings. The lowest BCUT2D eigenvalue weighted by molar-refractivity contribution is -0.119. The van der Waals surface area contributed by atoms with E-state index in [-0.39, 0.29) is 12.0 Å². The second-order valence-corrected chi connectivity index (χ2v) is 11.2. The van der Waals surface area contributed by atoms with Gasteiger partial charge in [0.1, 0.15) is 24.0 Å². The fourth-order valence-corrected chi connectivity index (χ4v) is 4.41. The zero-order chi connectivity index (χ0) is 30.6. The van der Waals surface area contributed by atoms with Gasteiger partial charge in [-0.2, -0.15) is 0 Å². The van der Waals surface area contributed by atoms with E-state index in [0.717, 1.165) is 35.7 Å². The summed E-state index contributed by atoms with van der Waals surface area (Å²) >= 11 is 12.3. The number of halogens is 2. The third-order valence-corrected chi connectivity index (χ3v) is 6.67. The number of nitrogens with one attached hydrogen (secondary N) is 2. The van der Waals surface area contributed by atoms with Crippen LogP contribution in [0, 0.1) is 5.92 Å². The number of hydrogen-bond acceptors (Lipinski definition) is 6. The molecule has 1 aromatic heterocycles. The first kappa shape index (κ1) is 33.6. The Hall–Kier alpha value is -3.56. The van der Waals surface area contributed by atoms with Crippen LogP contribution >= 0.6 is 23.2 Å². The van der Waals surface area contributed by atoms with Gasteiger partial charge in [0.2, 0.25) is 5.91 Å². The van der Waals surface area contributed by atoms with Crippen LogP contribution in [-0.4, -0.2) is 65.5 Å². The van der Waals surface area contributed by atoms with Gasteiger partial charge in [0.25, 0.3) is 0 Å². The minimum absolute atomic E-state index is 0.00423. The Morgan fingerprint density at radius 2 is 1.66 bits per heavy atom. The molecular weight excluding hydrogens is 565 g/mol. The lowest BCUT2D eigenvalue weighted by Gasteiger charge is -2.33. The number of carbonyl (C=O) groups is 3. The van der Waals surface area contributed by atoms with Gasteiger partial charge in [0.15, 0.2) is 0 Å². The smallest absolute Gasteiger partial charge is 0.410 e. The Balaban J connectivity index is 0.000000274. The minimum Gasteiger partial charge on any atom is -0.444 e. The molecule has 3 aromatic rings. The molecule has 0 aliphatic carbocycles. The maximum Gasteiger partial charge on any atom is 0.410 e. The van der Waals surface area contributed by atoms with Gasteiger partial charge in [-0.15, -0.1) is 0 Å². The number of anilines is 1. The quantitative estimate of drug-likeness (QED) is 0.346. The summed E-state index contributed by atoms with van der Waals surface area (Å²) in [6, 6.07) is 15.3. The second-order valence-electron chi connectivity index (χ2n) is 10.4. The predicted molar refractivity (Wildman–Crippen MR) is 165 cm³/mol. The van der Waals surface area contributed by atoms with Crippen molar-refractivity contribution >= 4 is 47.8 Å². The van der Waals surface area contributed by atoms with E-state index in [2.05, 4.69) is 15.6 Å². The Kier molecular flexibility index (Phi) is 13.2. The summed E-state index contributed by atoms with van der Waals surface area (Å²) in [7, 11) is 1.84. The van der Waals surface area contributed by atoms with Crippen LogP contribution in [0.4, 0.5) is 10.6 Å². The lowest BCUT2D eigenvalue weighted by Crippen LogP contribution is -2.43. The van der Waals surface area contributed by atoms with E-state index in [1.54, 1.807) is 4.90 Å². The normalized spacial score (nSPS) is 13.2. The van der Waals surface area contributed by atoms with Crippen molar-refractivity contribution in [2.75, 3.05) is 32.0 Å². The first-order valence-electron chi connectivity index (χ1n) is 13.3. The zero-order valence-corrected chi connectivity index (χ0v) is 25.8. The molecule has 1 saturated heterocycles. The van der Waals surface area contributed by atoms with Crippen molar-refractivity contribution in [3.05, 3.63) is 64.8 Å². The van der Waals surface area contributed by atoms with Crippen LogP contribution in [0.15, 0.2) is 54.7 Å². The Morgan fingerprint density at radius 3 is 2.20 bits per heavy atom. The van der Waals surface area contributed by atoms with Crippen LogP contribution in [-0.2, 0) is 14.3 Å². The molecule has 222 valence electrons. The number of likely N-dealkylation sites (tertiary alicyclic amines) is 1. The Morgan fingerprint density at radius 1 is 1.05 bits per heavy atom. The van der Waals surface area contributed by atoms with Crippen LogP contribution in [0.2, 0.25) is 10.0 Å². The number of rotatable bonds is 5. The maximum atomic E-state index is 11.8. The van der Waals surface area contributed by atoms with E-state index in [1.807, 2.05) is 93.9 Å². The van der Waals surface area contributed by atoms with Crippen LogP contribution in [0.1, 0.15) is 40.5 Å². The van der Waals surface area contributed by atoms with Crippen molar-refractivity contribution in [3.63, 3.8) is 0 Å². The molecule has 2 aromatic carbocycles. The topological polar surface area (TPSA) is 106 Å². The van der Waals surface area contributed by atoms with Gasteiger partial charge in [-0.05, 0) is 75.9 Å². The minimum atomic E-state index is -0.440. The fraction of sp³-hybridized carbons (Fsp3) is 0.400. The van der Waals surface area contributed by atoms with E-state index >= 15 is 0 Å². The zero-order valence-electron chi connectivity index (χ0n) is 24.2. The summed E-state index contributed by atoms with van der Waals surface area (Å²) in [6.45, 7) is 11.3. The molecule has 2 N–H and O–H groups in total. The number of nitrogens with zero attached hydrogens (tertiary/aromatic N) is 3. The molecule has 9 nitrogen and oxygen atoms in total. The number of hydrogen-bond donors (Lipinski definition) is 2. The first-order valence-corrected chi connectivity index (χ1v) is 14.0. The molecule has 41 heavy (non-hydrogen) atoms. The molecule has 2 heterocycles. The number of amides is 2. The molecule has 0 radical (unpaired) electrons. The van der Waals surface area contributed by atoms with Crippen molar-refractivity contribution in [2.24, 2.45) is 5.92 Å². The van der Waals surface area contributed by atoms with Crippen molar-refractivity contribution in [3.8, 4) is 17.1 Å². The highest BCUT2D eigenvalue weighted by atomic mass is 35.5. The van der Waals surface area contributed by atoms with Crippen molar-refractivity contribution < 1.29 is 19.1 Å². The maximum absolute atomic E-state index is 11.8. The number of benzene rings is 2. The van der Waals surface area contributed by atoms with Crippen molar-refractivity contribution in [1.29, 1.82) is 0 Å². The van der Waals surface area contributed by atoms with E-state index in [0.29, 0.717) is 35.6 Å². The summed E-state index contributed by atoms with van der Waals surface area (Å²) in [5.74, 6) is 2.03. The molecule has 0 unspecified atom stereocenters. The third-order valence-electron chi connectivity index (χ3n) is 6.09. The van der Waals surface area contributed by atoms with Crippen LogP contribution < -0.4 is 10.6 Å². The number of imidazole rings is 1. The summed E-state index contributed by atoms with van der Waals surface area (Å²) < 4.78 is 7.32. The van der Waals surface area contributed by atoms with E-state index in [1.165, 1.54) is 6.92 Å². The van der Waals surface area contributed by atoms with Crippen molar-refractivity contribution in [1.82, 2.24) is 19.8 Å². The second kappa shape index (κ2) is 16.0. The highest BCUT2D eigenvalue weighted by Crippen LogP contribution is 2.30. The number of piperidine rings is 1. The molecule has 2 amide bonds. The van der Waals surface area contributed by atoms with Gasteiger partial charge in [-0.1, -0.05) is 35.3 Å². The summed E-state index contributed by atoms with van der Waals surface area (Å²) in [5.41, 5.74) is 1.42. The molecule has 1 fully saturated rings. The predicted octanol–water partition coefficient (Wildman–Crippen LogP) is 6.47. The average molecular weight is 605 g/mol. The van der Waals surface area contributed by atoms with Crippen LogP contribution in [0.3, 0.4) is 0 Å². The molecule has 0 saturated carbocycles. The molecule has 11 heteroatoms. The van der Waals surface area contributed by atoms with Crippen LogP contribution in [0.25, 0.3) is 17.1 Å². The molecule has 0 atom stereocenters. The van der Waals surface area contributed by atoms with E-state index in [9.17, 15) is 9.59 Å². The molecule has 1 aliphatic heterocycles. The fourth-order valence-electron chi connectivity index (χ4n) is 4.07. The Bertz CT molecular complexity index is 1270. The molecule has 0 bridgehead atoms. The van der Waals surface area contributed by atoms with Gasteiger partial charge in [0.05, 0.1) is 11.2 Å². The van der Waals surface area contributed by atoms with Gasteiger partial charge >= 0.3 is 6.09 Å². The first-order chi connectivity index (χ1) is 19.5. The highest BCUT2D eigenvalue weighted by Gasteiger charge is 2.26. The van der Waals surface area contributed by atoms with Gasteiger partial charge in [-0.25, -0.2) is 9.78 Å². The summed E-state index contributed by atoms with van der Waals surface area (Å²) in [4.78, 5) is 37.0. The summed E-state index contributed by atoms with van der Waals surface area (Å²) in [6.07, 6.45) is 3.53.